The molecule has 2 atom stereocenters. The van der Waals surface area contributed by atoms with E-state index in [-0.39, 0.29) is 5.92 Å². The summed E-state index contributed by atoms with van der Waals surface area (Å²) in [6, 6.07) is 3.55. The van der Waals surface area contributed by atoms with E-state index in [9.17, 15) is 8.78 Å². The van der Waals surface area contributed by atoms with Crippen LogP contribution in [0, 0.1) is 48.1 Å². The molecule has 0 aromatic heterocycles. The predicted octanol–water partition coefficient (Wildman–Crippen LogP) is 8.90. The third-order valence-corrected chi connectivity index (χ3v) is 8.84. The van der Waals surface area contributed by atoms with Gasteiger partial charge >= 0.3 is 0 Å². The maximum Gasteiger partial charge on any atom is 0.162 e. The highest BCUT2D eigenvalue weighted by Gasteiger charge is 2.33. The van der Waals surface area contributed by atoms with Crippen molar-refractivity contribution in [2.75, 3.05) is 0 Å². The summed E-state index contributed by atoms with van der Waals surface area (Å²) in [5.74, 6) is 2.95. The first-order chi connectivity index (χ1) is 15.1. The Morgan fingerprint density at radius 3 is 1.94 bits per heavy atom. The second kappa shape index (κ2) is 10.5. The van der Waals surface area contributed by atoms with E-state index in [1.54, 1.807) is 13.0 Å². The second-order valence-corrected chi connectivity index (χ2v) is 10.6. The molecule has 0 heterocycles. The van der Waals surface area contributed by atoms with Crippen molar-refractivity contribution >= 4 is 0 Å². The average Bonchev–Trinajstić information content (AvgIpc) is 2.82. The van der Waals surface area contributed by atoms with Crippen molar-refractivity contribution in [1.29, 1.82) is 0 Å². The minimum atomic E-state index is -0.657. The Hall–Kier alpha value is -1.44. The fourth-order valence-corrected chi connectivity index (χ4v) is 6.74. The zero-order valence-corrected chi connectivity index (χ0v) is 19.3. The quantitative estimate of drug-likeness (QED) is 0.398. The Morgan fingerprint density at radius 1 is 0.806 bits per heavy atom. The topological polar surface area (TPSA) is 0 Å². The van der Waals surface area contributed by atoms with Crippen LogP contribution in [-0.4, -0.2) is 0 Å². The van der Waals surface area contributed by atoms with E-state index < -0.39 is 11.6 Å². The van der Waals surface area contributed by atoms with Crippen molar-refractivity contribution < 1.29 is 8.78 Å². The van der Waals surface area contributed by atoms with Crippen LogP contribution in [0.4, 0.5) is 8.78 Å². The third kappa shape index (κ3) is 5.32. The van der Waals surface area contributed by atoms with Gasteiger partial charge in [-0.25, -0.2) is 8.78 Å². The summed E-state index contributed by atoms with van der Waals surface area (Å²) in [7, 11) is 0. The second-order valence-electron chi connectivity index (χ2n) is 10.6. The molecule has 0 saturated heterocycles. The number of aryl methyl sites for hydroxylation is 1. The number of allylic oxidation sites excluding steroid dienone is 3. The van der Waals surface area contributed by atoms with Crippen molar-refractivity contribution in [2.45, 2.75) is 89.9 Å². The molecule has 31 heavy (non-hydrogen) atoms. The van der Waals surface area contributed by atoms with Crippen LogP contribution in [-0.2, 0) is 0 Å². The molecule has 2 saturated carbocycles. The van der Waals surface area contributed by atoms with Gasteiger partial charge in [0, 0.05) is 0 Å². The van der Waals surface area contributed by atoms with Gasteiger partial charge in [0.2, 0.25) is 0 Å². The van der Waals surface area contributed by atoms with Crippen LogP contribution in [0.1, 0.15) is 94.1 Å². The molecule has 0 aliphatic heterocycles. The highest BCUT2D eigenvalue weighted by molar-refractivity contribution is 5.28. The van der Waals surface area contributed by atoms with Gasteiger partial charge in [-0.2, -0.15) is 0 Å². The first-order valence-electron chi connectivity index (χ1n) is 12.8. The molecular weight excluding hydrogens is 386 g/mol. The van der Waals surface area contributed by atoms with Crippen molar-refractivity contribution in [2.24, 2.45) is 29.6 Å². The molecule has 0 N–H and O–H groups in total. The normalized spacial score (nSPS) is 33.9. The van der Waals surface area contributed by atoms with Crippen molar-refractivity contribution in [1.82, 2.24) is 0 Å². The minimum absolute atomic E-state index is 0.183. The molecule has 0 radical (unpaired) electrons. The van der Waals surface area contributed by atoms with Crippen LogP contribution in [0.2, 0.25) is 0 Å². The number of hydrogen-bond acceptors (Lipinski definition) is 0. The van der Waals surface area contributed by atoms with Crippen molar-refractivity contribution in [3.63, 3.8) is 0 Å². The predicted molar refractivity (Wildman–Crippen MR) is 126 cm³/mol. The van der Waals surface area contributed by atoms with E-state index in [1.807, 2.05) is 6.07 Å². The van der Waals surface area contributed by atoms with E-state index in [0.29, 0.717) is 17.0 Å². The lowest BCUT2D eigenvalue weighted by Gasteiger charge is -2.38. The third-order valence-electron chi connectivity index (χ3n) is 8.84. The monoisotopic (exact) mass is 426 g/mol. The van der Waals surface area contributed by atoms with Gasteiger partial charge in [0.1, 0.15) is 0 Å². The van der Waals surface area contributed by atoms with Crippen LogP contribution < -0.4 is 0 Å². The SMILES string of the molecule is C=CCCC1CCC(C2C=CC(C3CCC(c4ccc(C)c(F)c4F)CC3)CC2)CC1. The fourth-order valence-electron chi connectivity index (χ4n) is 6.74. The van der Waals surface area contributed by atoms with Gasteiger partial charge in [-0.15, -0.1) is 6.58 Å². The molecular formula is C29H40F2. The highest BCUT2D eigenvalue weighted by Crippen LogP contribution is 2.45. The van der Waals surface area contributed by atoms with E-state index in [4.69, 9.17) is 0 Å². The summed E-state index contributed by atoms with van der Waals surface area (Å²) in [6.07, 6.45) is 22.3. The molecule has 0 bridgehead atoms. The number of benzene rings is 1. The van der Waals surface area contributed by atoms with Crippen molar-refractivity contribution in [3.8, 4) is 0 Å². The summed E-state index contributed by atoms with van der Waals surface area (Å²) in [5.41, 5.74) is 1.01. The number of hydrogen-bond donors (Lipinski definition) is 0. The first-order valence-corrected chi connectivity index (χ1v) is 12.8. The van der Waals surface area contributed by atoms with Crippen LogP contribution in [0.15, 0.2) is 36.9 Å². The smallest absolute Gasteiger partial charge is 0.162 e. The summed E-state index contributed by atoms with van der Waals surface area (Å²) in [5, 5.41) is 0. The van der Waals surface area contributed by atoms with E-state index in [2.05, 4.69) is 24.8 Å². The Morgan fingerprint density at radius 2 is 1.39 bits per heavy atom. The minimum Gasteiger partial charge on any atom is -0.203 e. The maximum atomic E-state index is 14.4. The zero-order valence-electron chi connectivity index (χ0n) is 19.3. The van der Waals surface area contributed by atoms with Gasteiger partial charge in [0.25, 0.3) is 0 Å². The lowest BCUT2D eigenvalue weighted by Crippen LogP contribution is -2.26. The molecule has 0 amide bonds. The molecule has 170 valence electrons. The molecule has 0 nitrogen and oxygen atoms in total. The number of halogens is 2. The maximum absolute atomic E-state index is 14.4. The lowest BCUT2D eigenvalue weighted by molar-refractivity contribution is 0.187. The van der Waals surface area contributed by atoms with Crippen LogP contribution >= 0.6 is 0 Å². The van der Waals surface area contributed by atoms with Crippen LogP contribution in [0.25, 0.3) is 0 Å². The van der Waals surface area contributed by atoms with Gasteiger partial charge in [-0.3, -0.25) is 0 Å². The standard InChI is InChI=1S/C29H40F2/c1-3-4-5-21-7-9-22(10-8-21)23-11-13-24(14-12-23)25-15-17-26(18-16-25)27-19-6-20(2)28(30)29(27)31/h3,6,11,13,19,21-26H,1,4-5,7-10,12,14-18H2,2H3. The Bertz CT molecular complexity index is 763. The Balaban J connectivity index is 1.26. The van der Waals surface area contributed by atoms with Gasteiger partial charge < -0.3 is 0 Å². The molecule has 2 heteroatoms. The molecule has 3 aliphatic carbocycles. The van der Waals surface area contributed by atoms with E-state index in [0.717, 1.165) is 49.4 Å². The molecule has 3 aliphatic rings. The fraction of sp³-hybridized carbons (Fsp3) is 0.655. The van der Waals surface area contributed by atoms with Gasteiger partial charge in [0.05, 0.1) is 0 Å². The lowest BCUT2D eigenvalue weighted by atomic mass is 9.67. The van der Waals surface area contributed by atoms with Crippen LogP contribution in [0.3, 0.4) is 0 Å². The summed E-state index contributed by atoms with van der Waals surface area (Å²) in [4.78, 5) is 0. The zero-order chi connectivity index (χ0) is 21.8. The van der Waals surface area contributed by atoms with Gasteiger partial charge in [-0.05, 0) is 118 Å². The van der Waals surface area contributed by atoms with Gasteiger partial charge in [0.15, 0.2) is 11.6 Å². The first kappa shape index (κ1) is 22.7. The van der Waals surface area contributed by atoms with Crippen LogP contribution in [0.5, 0.6) is 0 Å². The summed E-state index contributed by atoms with van der Waals surface area (Å²) < 4.78 is 28.4. The van der Waals surface area contributed by atoms with E-state index in [1.165, 1.54) is 51.4 Å². The molecule has 2 unspecified atom stereocenters. The highest BCUT2D eigenvalue weighted by atomic mass is 19.2. The molecule has 0 spiro atoms. The van der Waals surface area contributed by atoms with Gasteiger partial charge in [-0.1, -0.05) is 43.2 Å². The molecule has 1 aromatic rings. The summed E-state index contributed by atoms with van der Waals surface area (Å²) >= 11 is 0. The molecule has 4 rings (SSSR count). The molecule has 1 aromatic carbocycles. The van der Waals surface area contributed by atoms with Crippen molar-refractivity contribution in [3.05, 3.63) is 59.7 Å². The summed E-state index contributed by atoms with van der Waals surface area (Å²) in [6.45, 7) is 5.50. The Labute approximate surface area is 188 Å². The molecule has 2 fully saturated rings. The van der Waals surface area contributed by atoms with E-state index >= 15 is 0 Å². The largest absolute Gasteiger partial charge is 0.203 e. The average molecular weight is 427 g/mol. The Kier molecular flexibility index (Phi) is 7.67. The number of rotatable bonds is 6.